The van der Waals surface area contributed by atoms with Crippen LogP contribution in [-0.4, -0.2) is 77.1 Å². The van der Waals surface area contributed by atoms with Crippen molar-refractivity contribution in [2.45, 2.75) is 51.0 Å². The number of nitrogens with zero attached hydrogens (tertiary/aromatic N) is 5. The van der Waals surface area contributed by atoms with Crippen LogP contribution in [0, 0.1) is 0 Å². The molecule has 9 nitrogen and oxygen atoms in total. The molecule has 0 spiro atoms. The summed E-state index contributed by atoms with van der Waals surface area (Å²) in [4.78, 5) is 28.2. The summed E-state index contributed by atoms with van der Waals surface area (Å²) in [5.41, 5.74) is 6.33. The summed E-state index contributed by atoms with van der Waals surface area (Å²) in [7, 11) is 2.05. The first kappa shape index (κ1) is 29.7. The summed E-state index contributed by atoms with van der Waals surface area (Å²) >= 11 is 0. The Morgan fingerprint density at radius 2 is 1.91 bits per heavy atom. The van der Waals surface area contributed by atoms with Gasteiger partial charge in [0.25, 0.3) is 0 Å². The standard InChI is InChI=1S/C32H35F3N6O3/c1-5-27(42)40-15-18(2)41(19(3)16-40)30-28-26(37-31(38-30)44-17-21-7-6-11-39(21)4)14-23(22-10-12-43-29(22)28)24-13-20(36)8-9-25(24)32(33,34)35/h5,8-10,12-14,18-19,21H,1,6-7,11,15-17,36H2,2-4H3/t18-,19-,21-/m0/s1. The van der Waals surface area contributed by atoms with Crippen LogP contribution in [0.2, 0.25) is 0 Å². The number of halogens is 3. The van der Waals surface area contributed by atoms with Gasteiger partial charge < -0.3 is 29.6 Å². The van der Waals surface area contributed by atoms with E-state index in [4.69, 9.17) is 24.9 Å². The molecule has 4 aromatic rings. The number of anilines is 2. The van der Waals surface area contributed by atoms with Gasteiger partial charge in [0.05, 0.1) is 22.7 Å². The number of ether oxygens (including phenoxy) is 1. The first-order valence-corrected chi connectivity index (χ1v) is 14.7. The molecule has 2 aliphatic heterocycles. The molecular weight excluding hydrogens is 573 g/mol. The minimum Gasteiger partial charge on any atom is -0.463 e. The lowest BCUT2D eigenvalue weighted by Gasteiger charge is -2.45. The van der Waals surface area contributed by atoms with Gasteiger partial charge in [0.15, 0.2) is 0 Å². The van der Waals surface area contributed by atoms with Crippen molar-refractivity contribution >= 4 is 39.3 Å². The van der Waals surface area contributed by atoms with Crippen LogP contribution in [0.3, 0.4) is 0 Å². The van der Waals surface area contributed by atoms with E-state index in [2.05, 4.69) is 16.4 Å². The van der Waals surface area contributed by atoms with E-state index in [1.807, 2.05) is 20.9 Å². The van der Waals surface area contributed by atoms with Gasteiger partial charge >= 0.3 is 12.2 Å². The number of benzene rings is 2. The highest BCUT2D eigenvalue weighted by molar-refractivity contribution is 6.14. The van der Waals surface area contributed by atoms with Crippen LogP contribution in [0.5, 0.6) is 6.01 Å². The summed E-state index contributed by atoms with van der Waals surface area (Å²) in [5.74, 6) is 0.381. The van der Waals surface area contributed by atoms with E-state index in [0.717, 1.165) is 25.5 Å². The van der Waals surface area contributed by atoms with Crippen molar-refractivity contribution in [3.8, 4) is 17.1 Å². The smallest absolute Gasteiger partial charge is 0.417 e. The van der Waals surface area contributed by atoms with E-state index in [0.29, 0.717) is 47.4 Å². The highest BCUT2D eigenvalue weighted by Gasteiger charge is 2.37. The topological polar surface area (TPSA) is 101 Å². The summed E-state index contributed by atoms with van der Waals surface area (Å²) in [5, 5.41) is 1.03. The van der Waals surface area contributed by atoms with Crippen molar-refractivity contribution in [1.82, 2.24) is 19.8 Å². The van der Waals surface area contributed by atoms with Crippen LogP contribution < -0.4 is 15.4 Å². The van der Waals surface area contributed by atoms with Gasteiger partial charge in [-0.05, 0) is 87.8 Å². The zero-order valence-corrected chi connectivity index (χ0v) is 24.9. The van der Waals surface area contributed by atoms with Gasteiger partial charge in [0.2, 0.25) is 5.91 Å². The molecule has 0 aliphatic carbocycles. The number of hydrogen-bond acceptors (Lipinski definition) is 8. The minimum absolute atomic E-state index is 0.0701. The Morgan fingerprint density at radius 3 is 2.57 bits per heavy atom. The van der Waals surface area contributed by atoms with Crippen LogP contribution in [0.25, 0.3) is 33.0 Å². The number of piperazine rings is 1. The lowest BCUT2D eigenvalue weighted by Crippen LogP contribution is -2.58. The average Bonchev–Trinajstić information content (AvgIpc) is 3.63. The van der Waals surface area contributed by atoms with E-state index >= 15 is 0 Å². The van der Waals surface area contributed by atoms with E-state index in [-0.39, 0.29) is 46.9 Å². The number of hydrogen-bond donors (Lipinski definition) is 1. The van der Waals surface area contributed by atoms with Crippen LogP contribution >= 0.6 is 0 Å². The lowest BCUT2D eigenvalue weighted by molar-refractivity contribution is -0.137. The molecule has 2 aromatic heterocycles. The third-order valence-electron chi connectivity index (χ3n) is 8.73. The van der Waals surface area contributed by atoms with Crippen molar-refractivity contribution in [2.75, 3.05) is 43.9 Å². The first-order valence-electron chi connectivity index (χ1n) is 14.7. The molecule has 12 heteroatoms. The van der Waals surface area contributed by atoms with E-state index in [1.54, 1.807) is 17.0 Å². The number of carbonyl (C=O) groups is 1. The number of rotatable bonds is 6. The van der Waals surface area contributed by atoms with Crippen molar-refractivity contribution in [3.63, 3.8) is 0 Å². The van der Waals surface area contributed by atoms with Crippen LogP contribution in [0.15, 0.2) is 53.7 Å². The van der Waals surface area contributed by atoms with Crippen LogP contribution in [0.4, 0.5) is 24.7 Å². The Kier molecular flexibility index (Phi) is 7.64. The van der Waals surface area contributed by atoms with Crippen LogP contribution in [0.1, 0.15) is 32.3 Å². The maximum absolute atomic E-state index is 14.2. The Morgan fingerprint density at radius 1 is 1.16 bits per heavy atom. The molecule has 44 heavy (non-hydrogen) atoms. The van der Waals surface area contributed by atoms with Crippen molar-refractivity contribution in [2.24, 2.45) is 0 Å². The number of carbonyl (C=O) groups excluding carboxylic acids is 1. The molecule has 2 aliphatic rings. The monoisotopic (exact) mass is 608 g/mol. The number of likely N-dealkylation sites (N-methyl/N-ethyl adjacent to an activating group) is 1. The van der Waals surface area contributed by atoms with Crippen molar-refractivity contribution in [3.05, 3.63) is 54.8 Å². The fourth-order valence-electron chi connectivity index (χ4n) is 6.61. The number of aromatic nitrogens is 2. The molecule has 2 N–H and O–H groups in total. The molecule has 3 atom stereocenters. The Labute approximate surface area is 253 Å². The van der Waals surface area contributed by atoms with E-state index in [1.165, 1.54) is 24.5 Å². The number of nitrogen functional groups attached to an aromatic ring is 1. The van der Waals surface area contributed by atoms with Gasteiger partial charge in [-0.3, -0.25) is 4.79 Å². The van der Waals surface area contributed by atoms with Crippen LogP contribution in [-0.2, 0) is 11.0 Å². The molecule has 2 saturated heterocycles. The van der Waals surface area contributed by atoms with Gasteiger partial charge in [-0.25, -0.2) is 0 Å². The largest absolute Gasteiger partial charge is 0.463 e. The summed E-state index contributed by atoms with van der Waals surface area (Å²) in [6.45, 7) is 9.83. The molecule has 0 radical (unpaired) electrons. The molecular formula is C32H35F3N6O3. The average molecular weight is 609 g/mol. The second-order valence-electron chi connectivity index (χ2n) is 11.8. The first-order chi connectivity index (χ1) is 21.0. The van der Waals surface area contributed by atoms with Gasteiger partial charge in [-0.15, -0.1) is 0 Å². The second kappa shape index (κ2) is 11.3. The predicted octanol–water partition coefficient (Wildman–Crippen LogP) is 5.73. The summed E-state index contributed by atoms with van der Waals surface area (Å²) in [6, 6.07) is 6.83. The number of furan rings is 1. The predicted molar refractivity (Wildman–Crippen MR) is 163 cm³/mol. The van der Waals surface area contributed by atoms with Gasteiger partial charge in [-0.1, -0.05) is 6.58 Å². The van der Waals surface area contributed by atoms with Crippen molar-refractivity contribution in [1.29, 1.82) is 0 Å². The third-order valence-corrected chi connectivity index (χ3v) is 8.73. The normalized spacial score (nSPS) is 21.4. The number of likely N-dealkylation sites (tertiary alicyclic amines) is 1. The molecule has 2 aromatic carbocycles. The lowest BCUT2D eigenvalue weighted by atomic mass is 9.94. The molecule has 0 saturated carbocycles. The SMILES string of the molecule is C=CC(=O)N1C[C@H](C)N(c2nc(OC[C@@H]3CCCN3C)nc3cc(-c4cc(N)ccc4C(F)(F)F)c4ccoc4c23)[C@@H](C)C1. The third kappa shape index (κ3) is 5.31. The Hall–Kier alpha value is -4.32. The molecule has 6 rings (SSSR count). The van der Waals surface area contributed by atoms with Gasteiger partial charge in [-0.2, -0.15) is 23.1 Å². The Bertz CT molecular complexity index is 1730. The maximum Gasteiger partial charge on any atom is 0.417 e. The molecule has 4 heterocycles. The summed E-state index contributed by atoms with van der Waals surface area (Å²) in [6.07, 6.45) is 0.196. The van der Waals surface area contributed by atoms with E-state index in [9.17, 15) is 18.0 Å². The Balaban J connectivity index is 1.55. The maximum atomic E-state index is 14.2. The number of fused-ring (bicyclic) bond motifs is 3. The number of amides is 1. The number of alkyl halides is 3. The molecule has 0 unspecified atom stereocenters. The fourth-order valence-corrected chi connectivity index (χ4v) is 6.61. The number of nitrogens with two attached hydrogens (primary N) is 1. The molecule has 232 valence electrons. The summed E-state index contributed by atoms with van der Waals surface area (Å²) < 4.78 is 54.8. The quantitative estimate of drug-likeness (QED) is 0.219. The zero-order valence-electron chi connectivity index (χ0n) is 24.9. The second-order valence-corrected chi connectivity index (χ2v) is 11.8. The van der Waals surface area contributed by atoms with Crippen molar-refractivity contribution < 1.29 is 27.1 Å². The van der Waals surface area contributed by atoms with Gasteiger partial charge in [0.1, 0.15) is 18.0 Å². The highest BCUT2D eigenvalue weighted by Crippen LogP contribution is 2.45. The minimum atomic E-state index is -4.61. The highest BCUT2D eigenvalue weighted by atomic mass is 19.4. The van der Waals surface area contributed by atoms with E-state index < -0.39 is 11.7 Å². The fraction of sp³-hybridized carbons (Fsp3) is 0.406. The molecule has 0 bridgehead atoms. The molecule has 1 amide bonds. The zero-order chi connectivity index (χ0) is 31.3. The van der Waals surface area contributed by atoms with Gasteiger partial charge in [0, 0.05) is 42.3 Å². The molecule has 2 fully saturated rings.